The zero-order valence-corrected chi connectivity index (χ0v) is 23.4. The highest BCUT2D eigenvalue weighted by Crippen LogP contribution is 2.43. The smallest absolute Gasteiger partial charge is 0.314 e. The summed E-state index contributed by atoms with van der Waals surface area (Å²) in [7, 11) is 3.64. The van der Waals surface area contributed by atoms with Crippen molar-refractivity contribution in [2.75, 3.05) is 21.1 Å². The van der Waals surface area contributed by atoms with Crippen molar-refractivity contribution in [3.05, 3.63) is 12.2 Å². The van der Waals surface area contributed by atoms with E-state index in [2.05, 4.69) is 19.1 Å². The third-order valence-corrected chi connectivity index (χ3v) is 9.06. The molecule has 1 unspecified atom stereocenters. The van der Waals surface area contributed by atoms with E-state index in [0.717, 1.165) is 12.8 Å². The van der Waals surface area contributed by atoms with Gasteiger partial charge in [-0.1, -0.05) is 116 Å². The summed E-state index contributed by atoms with van der Waals surface area (Å²) >= 11 is 0. The van der Waals surface area contributed by atoms with Gasteiger partial charge in [0.05, 0.1) is 21.1 Å². The molecule has 0 aliphatic carbocycles. The number of quaternary nitrogens is 1. The number of rotatable bonds is 23. The van der Waals surface area contributed by atoms with Crippen LogP contribution < -0.4 is 0 Å². The number of hydrogen-bond donors (Lipinski definition) is 0. The predicted octanol–water partition coefficient (Wildman–Crippen LogP) is 9.96. The van der Waals surface area contributed by atoms with E-state index >= 15 is 0 Å². The molecule has 190 valence electrons. The highest BCUT2D eigenvalue weighted by molar-refractivity contribution is 7.32. The van der Waals surface area contributed by atoms with Gasteiger partial charge in [-0.2, -0.15) is 0 Å². The normalized spacial score (nSPS) is 14.2. The largest absolute Gasteiger partial charge is 0.378 e. The Morgan fingerprint density at radius 2 is 0.969 bits per heavy atom. The van der Waals surface area contributed by atoms with Gasteiger partial charge < -0.3 is 4.48 Å². The molecule has 0 rings (SSSR count). The molecule has 0 aromatic carbocycles. The fourth-order valence-electron chi connectivity index (χ4n) is 4.80. The van der Waals surface area contributed by atoms with Crippen LogP contribution in [0.3, 0.4) is 0 Å². The van der Waals surface area contributed by atoms with Crippen LogP contribution >= 0.6 is 7.68 Å². The molecule has 0 N–H and O–H groups in total. The quantitative estimate of drug-likeness (QED) is 0.0644. The van der Waals surface area contributed by atoms with Crippen LogP contribution in [0.2, 0.25) is 0 Å². The highest BCUT2D eigenvalue weighted by Gasteiger charge is 2.46. The summed E-state index contributed by atoms with van der Waals surface area (Å²) in [4.78, 5) is 0. The van der Waals surface area contributed by atoms with Gasteiger partial charge in [-0.15, -0.1) is 0 Å². The molecule has 0 heterocycles. The minimum Gasteiger partial charge on any atom is -0.314 e. The minimum absolute atomic E-state index is 0.513. The lowest BCUT2D eigenvalue weighted by Crippen LogP contribution is -2.53. The highest BCUT2D eigenvalue weighted by atomic mass is 31.1. The first-order valence-electron chi connectivity index (χ1n) is 13.9. The van der Waals surface area contributed by atoms with Crippen LogP contribution in [0.4, 0.5) is 0 Å². The van der Waals surface area contributed by atoms with Gasteiger partial charge in [-0.25, -0.2) is 9.13 Å². The molecule has 0 spiro atoms. The van der Waals surface area contributed by atoms with Crippen molar-refractivity contribution in [2.45, 2.75) is 148 Å². The van der Waals surface area contributed by atoms with Crippen LogP contribution in [0, 0.1) is 0 Å². The van der Waals surface area contributed by atoms with Gasteiger partial charge in [0, 0.05) is 12.8 Å². The zero-order valence-electron chi connectivity index (χ0n) is 22.5. The Hall–Kier alpha value is -0.400. The standard InChI is InChI=1S/C28H57NO2P/c1-6-8-9-10-11-12-13-14-15-16-17-18-19-20-21-22-23-24-25-26-27-28(7-2,32(30)31)29(3,4)5/h10-11H,6-9,12-27H2,1-5H3/q+1. The summed E-state index contributed by atoms with van der Waals surface area (Å²) < 4.78 is 24.4. The molecule has 0 aromatic heterocycles. The minimum atomic E-state index is -2.41. The average molecular weight is 471 g/mol. The summed E-state index contributed by atoms with van der Waals surface area (Å²) in [6.07, 6.45) is 30.1. The lowest BCUT2D eigenvalue weighted by molar-refractivity contribution is -0.908. The maximum Gasteiger partial charge on any atom is 0.378 e. The van der Waals surface area contributed by atoms with E-state index in [-0.39, 0.29) is 0 Å². The monoisotopic (exact) mass is 470 g/mol. The van der Waals surface area contributed by atoms with Crippen LogP contribution in [0.15, 0.2) is 12.2 Å². The number of allylic oxidation sites excluding steroid dienone is 2. The predicted molar refractivity (Wildman–Crippen MR) is 142 cm³/mol. The van der Waals surface area contributed by atoms with Gasteiger partial charge >= 0.3 is 7.68 Å². The summed E-state index contributed by atoms with van der Waals surface area (Å²) in [6.45, 7) is 4.27. The number of nitrogens with zero attached hydrogens (tertiary/aromatic N) is 1. The van der Waals surface area contributed by atoms with Gasteiger partial charge in [-0.3, -0.25) is 0 Å². The molecule has 0 amide bonds. The molecule has 4 heteroatoms. The van der Waals surface area contributed by atoms with Crippen molar-refractivity contribution in [1.29, 1.82) is 0 Å². The van der Waals surface area contributed by atoms with Crippen LogP contribution in [-0.4, -0.2) is 30.9 Å². The summed E-state index contributed by atoms with van der Waals surface area (Å²) in [5.41, 5.74) is 0. The molecular formula is C28H57NO2P+. The van der Waals surface area contributed by atoms with Gasteiger partial charge in [0.15, 0.2) is 0 Å². The SMILES string of the molecule is CCCCC=CCCCCCCCCCCCCCCCCC(CC)(P(=O)=O)[N+](C)(C)C. The molecule has 0 bridgehead atoms. The molecule has 3 nitrogen and oxygen atoms in total. The molecule has 0 aliphatic rings. The molecule has 0 aliphatic heterocycles. The Balaban J connectivity index is 3.49. The summed E-state index contributed by atoms with van der Waals surface area (Å²) in [5.74, 6) is 0. The first kappa shape index (κ1) is 31.6. The number of unbranched alkanes of at least 4 members (excludes halogenated alkanes) is 16. The Morgan fingerprint density at radius 3 is 1.31 bits per heavy atom. The maximum atomic E-state index is 12.0. The third kappa shape index (κ3) is 14.7. The average Bonchev–Trinajstić information content (AvgIpc) is 2.74. The first-order chi connectivity index (χ1) is 15.3. The molecule has 0 aromatic rings. The van der Waals surface area contributed by atoms with Crippen LogP contribution in [-0.2, 0) is 9.13 Å². The fraction of sp³-hybridized carbons (Fsp3) is 0.929. The molecule has 0 saturated carbocycles. The van der Waals surface area contributed by atoms with Crippen molar-refractivity contribution < 1.29 is 13.6 Å². The molecule has 1 atom stereocenters. The Kier molecular flexibility index (Phi) is 19.8. The van der Waals surface area contributed by atoms with E-state index in [4.69, 9.17) is 0 Å². The second-order valence-electron chi connectivity index (χ2n) is 10.7. The Labute approximate surface area is 202 Å². The van der Waals surface area contributed by atoms with Gasteiger partial charge in [0.25, 0.3) is 0 Å². The van der Waals surface area contributed by atoms with E-state index in [9.17, 15) is 9.13 Å². The van der Waals surface area contributed by atoms with E-state index in [1.807, 2.05) is 28.1 Å². The zero-order chi connectivity index (χ0) is 24.1. The molecule has 0 saturated heterocycles. The Bertz CT molecular complexity index is 514. The third-order valence-electron chi connectivity index (χ3n) is 7.24. The second kappa shape index (κ2) is 20.0. The van der Waals surface area contributed by atoms with Crippen LogP contribution in [0.25, 0.3) is 0 Å². The van der Waals surface area contributed by atoms with Crippen molar-refractivity contribution in [3.8, 4) is 0 Å². The molecular weight excluding hydrogens is 413 g/mol. The molecule has 32 heavy (non-hydrogen) atoms. The Morgan fingerprint density at radius 1 is 0.594 bits per heavy atom. The van der Waals surface area contributed by atoms with Crippen molar-refractivity contribution in [3.63, 3.8) is 0 Å². The van der Waals surface area contributed by atoms with Crippen LogP contribution in [0.1, 0.15) is 142 Å². The first-order valence-corrected chi connectivity index (χ1v) is 15.1. The van der Waals surface area contributed by atoms with E-state index in [1.54, 1.807) is 0 Å². The van der Waals surface area contributed by atoms with Gasteiger partial charge in [0.2, 0.25) is 5.28 Å². The molecule has 0 fully saturated rings. The summed E-state index contributed by atoms with van der Waals surface area (Å²) in [6, 6.07) is 0. The lowest BCUT2D eigenvalue weighted by atomic mass is 10.0. The molecule has 0 radical (unpaired) electrons. The summed E-state index contributed by atoms with van der Waals surface area (Å²) in [5, 5.41) is -0.597. The van der Waals surface area contributed by atoms with Gasteiger partial charge in [-0.05, 0) is 25.7 Å². The van der Waals surface area contributed by atoms with E-state index in [1.165, 1.54) is 109 Å². The van der Waals surface area contributed by atoms with Gasteiger partial charge in [0.1, 0.15) is 0 Å². The van der Waals surface area contributed by atoms with Crippen molar-refractivity contribution in [2.24, 2.45) is 0 Å². The van der Waals surface area contributed by atoms with Crippen molar-refractivity contribution >= 4 is 7.68 Å². The van der Waals surface area contributed by atoms with Crippen molar-refractivity contribution in [1.82, 2.24) is 0 Å². The van der Waals surface area contributed by atoms with E-state index in [0.29, 0.717) is 10.9 Å². The topological polar surface area (TPSA) is 34.1 Å². The lowest BCUT2D eigenvalue weighted by Gasteiger charge is -2.40. The maximum absolute atomic E-state index is 12.0. The van der Waals surface area contributed by atoms with E-state index < -0.39 is 13.0 Å². The second-order valence-corrected chi connectivity index (χ2v) is 12.1. The fourth-order valence-corrected chi connectivity index (χ4v) is 5.89. The van der Waals surface area contributed by atoms with Crippen LogP contribution in [0.5, 0.6) is 0 Å². The number of hydrogen-bond acceptors (Lipinski definition) is 2.